The molecule has 1 heterocycles. The van der Waals surface area contributed by atoms with Crippen LogP contribution in [0.25, 0.3) is 0 Å². The Morgan fingerprint density at radius 2 is 1.83 bits per heavy atom. The third-order valence-electron chi connectivity index (χ3n) is 5.80. The number of carbonyl (C=O) groups excluding carboxylic acids is 1. The van der Waals surface area contributed by atoms with E-state index < -0.39 is 0 Å². The van der Waals surface area contributed by atoms with Crippen molar-refractivity contribution in [3.8, 4) is 11.5 Å². The van der Waals surface area contributed by atoms with Crippen LogP contribution in [-0.2, 0) is 10.2 Å². The number of ether oxygens (including phenoxy) is 3. The Bertz CT molecular complexity index is 813. The molecule has 1 aliphatic rings. The zero-order valence-corrected chi connectivity index (χ0v) is 18.3. The molecule has 0 saturated carbocycles. The molecule has 1 N–H and O–H groups in total. The molecule has 0 bridgehead atoms. The molecule has 0 aliphatic carbocycles. The van der Waals surface area contributed by atoms with Crippen LogP contribution in [-0.4, -0.2) is 39.4 Å². The fraction of sp³-hybridized carbons (Fsp3) is 0.480. The zero-order valence-electron chi connectivity index (χ0n) is 18.3. The van der Waals surface area contributed by atoms with Gasteiger partial charge < -0.3 is 19.5 Å². The van der Waals surface area contributed by atoms with E-state index in [9.17, 15) is 4.79 Å². The molecule has 1 saturated heterocycles. The molecule has 5 heteroatoms. The third-order valence-corrected chi connectivity index (χ3v) is 5.80. The molecule has 1 aliphatic heterocycles. The molecule has 30 heavy (non-hydrogen) atoms. The second kappa shape index (κ2) is 10.5. The lowest BCUT2D eigenvalue weighted by Gasteiger charge is -2.38. The summed E-state index contributed by atoms with van der Waals surface area (Å²) in [6.07, 6.45) is 2.75. The lowest BCUT2D eigenvalue weighted by Crippen LogP contribution is -2.44. The van der Waals surface area contributed by atoms with Gasteiger partial charge in [0.25, 0.3) is 5.91 Å². The van der Waals surface area contributed by atoms with Crippen LogP contribution in [0.4, 0.5) is 0 Å². The van der Waals surface area contributed by atoms with Gasteiger partial charge in [0.2, 0.25) is 0 Å². The number of benzene rings is 2. The van der Waals surface area contributed by atoms with Gasteiger partial charge in [0.15, 0.2) is 11.5 Å². The van der Waals surface area contributed by atoms with Gasteiger partial charge in [-0.15, -0.1) is 0 Å². The first kappa shape index (κ1) is 22.2. The summed E-state index contributed by atoms with van der Waals surface area (Å²) < 4.78 is 16.9. The van der Waals surface area contributed by atoms with E-state index in [1.165, 1.54) is 5.56 Å². The van der Waals surface area contributed by atoms with Gasteiger partial charge in [-0.2, -0.15) is 0 Å². The highest BCUT2D eigenvalue weighted by atomic mass is 16.5. The molecular weight excluding hydrogens is 378 g/mol. The van der Waals surface area contributed by atoms with E-state index in [2.05, 4.69) is 43.4 Å². The van der Waals surface area contributed by atoms with E-state index in [0.717, 1.165) is 19.3 Å². The highest BCUT2D eigenvalue weighted by Crippen LogP contribution is 2.34. The average Bonchev–Trinajstić information content (AvgIpc) is 2.78. The maximum Gasteiger partial charge on any atom is 0.251 e. The van der Waals surface area contributed by atoms with Gasteiger partial charge in [0, 0.05) is 30.7 Å². The van der Waals surface area contributed by atoms with E-state index >= 15 is 0 Å². The summed E-state index contributed by atoms with van der Waals surface area (Å²) in [4.78, 5) is 12.9. The number of hydrogen-bond acceptors (Lipinski definition) is 4. The van der Waals surface area contributed by atoms with Crippen molar-refractivity contribution in [3.05, 3.63) is 59.7 Å². The Kier molecular flexibility index (Phi) is 7.75. The first-order valence-corrected chi connectivity index (χ1v) is 10.8. The smallest absolute Gasteiger partial charge is 0.251 e. The van der Waals surface area contributed by atoms with Crippen molar-refractivity contribution in [2.75, 3.05) is 33.5 Å². The van der Waals surface area contributed by atoms with Crippen LogP contribution in [0.15, 0.2) is 48.5 Å². The Morgan fingerprint density at radius 1 is 1.10 bits per heavy atom. The standard InChI is InChI=1S/C25H33NO4/c1-19(2)11-14-30-22-10-9-20(17-23(22)28-3)24(27)26-18-25(12-15-29-16-13-25)21-7-5-4-6-8-21/h4-10,17,19H,11-16,18H2,1-3H3,(H,26,27). The van der Waals surface area contributed by atoms with E-state index in [-0.39, 0.29) is 11.3 Å². The van der Waals surface area contributed by atoms with Crippen molar-refractivity contribution >= 4 is 5.91 Å². The number of rotatable bonds is 9. The second-order valence-corrected chi connectivity index (χ2v) is 8.34. The number of amides is 1. The van der Waals surface area contributed by atoms with Crippen molar-refractivity contribution in [3.63, 3.8) is 0 Å². The monoisotopic (exact) mass is 411 g/mol. The van der Waals surface area contributed by atoms with E-state index in [1.54, 1.807) is 19.2 Å². The first-order valence-electron chi connectivity index (χ1n) is 10.8. The van der Waals surface area contributed by atoms with Crippen LogP contribution >= 0.6 is 0 Å². The molecule has 2 aromatic carbocycles. The van der Waals surface area contributed by atoms with Gasteiger partial charge in [0.1, 0.15) is 0 Å². The fourth-order valence-electron chi connectivity index (χ4n) is 3.81. The summed E-state index contributed by atoms with van der Waals surface area (Å²) in [7, 11) is 1.60. The quantitative estimate of drug-likeness (QED) is 0.655. The first-order chi connectivity index (χ1) is 14.5. The summed E-state index contributed by atoms with van der Waals surface area (Å²) in [6.45, 7) is 6.95. The normalized spacial score (nSPS) is 15.6. The minimum Gasteiger partial charge on any atom is -0.493 e. The molecule has 1 fully saturated rings. The van der Waals surface area contributed by atoms with Gasteiger partial charge in [-0.3, -0.25) is 4.79 Å². The highest BCUT2D eigenvalue weighted by molar-refractivity contribution is 5.95. The maximum absolute atomic E-state index is 12.9. The van der Waals surface area contributed by atoms with Crippen LogP contribution in [0, 0.1) is 5.92 Å². The third kappa shape index (κ3) is 5.54. The van der Waals surface area contributed by atoms with Crippen LogP contribution in [0.2, 0.25) is 0 Å². The fourth-order valence-corrected chi connectivity index (χ4v) is 3.81. The molecule has 3 rings (SSSR count). The summed E-state index contributed by atoms with van der Waals surface area (Å²) in [5.41, 5.74) is 1.72. The Labute approximate surface area is 179 Å². The summed E-state index contributed by atoms with van der Waals surface area (Å²) in [6, 6.07) is 15.8. The molecule has 0 unspecified atom stereocenters. The summed E-state index contributed by atoms with van der Waals surface area (Å²) >= 11 is 0. The van der Waals surface area contributed by atoms with Crippen molar-refractivity contribution in [1.29, 1.82) is 0 Å². The average molecular weight is 412 g/mol. The SMILES string of the molecule is COc1cc(C(=O)NCC2(c3ccccc3)CCOCC2)ccc1OCCC(C)C. The van der Waals surface area contributed by atoms with Gasteiger partial charge in [-0.1, -0.05) is 44.2 Å². The van der Waals surface area contributed by atoms with Crippen LogP contribution in [0.1, 0.15) is 49.0 Å². The summed E-state index contributed by atoms with van der Waals surface area (Å²) in [5, 5.41) is 3.15. The van der Waals surface area contributed by atoms with Gasteiger partial charge in [-0.25, -0.2) is 0 Å². The topological polar surface area (TPSA) is 56.8 Å². The van der Waals surface area contributed by atoms with Crippen molar-refractivity contribution < 1.29 is 19.0 Å². The Balaban J connectivity index is 1.68. The lowest BCUT2D eigenvalue weighted by molar-refractivity contribution is 0.0487. The molecule has 5 nitrogen and oxygen atoms in total. The van der Waals surface area contributed by atoms with Crippen molar-refractivity contribution in [2.24, 2.45) is 5.92 Å². The molecule has 2 aromatic rings. The summed E-state index contributed by atoms with van der Waals surface area (Å²) in [5.74, 6) is 1.71. The maximum atomic E-state index is 12.9. The van der Waals surface area contributed by atoms with E-state index in [0.29, 0.717) is 49.3 Å². The molecule has 1 amide bonds. The van der Waals surface area contributed by atoms with Crippen LogP contribution < -0.4 is 14.8 Å². The minimum atomic E-state index is -0.108. The predicted octanol–water partition coefficient (Wildman–Crippen LogP) is 4.60. The number of hydrogen-bond donors (Lipinski definition) is 1. The molecule has 0 atom stereocenters. The Hall–Kier alpha value is -2.53. The van der Waals surface area contributed by atoms with Gasteiger partial charge >= 0.3 is 0 Å². The van der Waals surface area contributed by atoms with E-state index in [1.807, 2.05) is 12.1 Å². The van der Waals surface area contributed by atoms with E-state index in [4.69, 9.17) is 14.2 Å². The lowest BCUT2D eigenvalue weighted by atomic mass is 9.74. The van der Waals surface area contributed by atoms with Crippen LogP contribution in [0.3, 0.4) is 0 Å². The number of methoxy groups -OCH3 is 1. The number of carbonyl (C=O) groups is 1. The molecule has 0 radical (unpaired) electrons. The second-order valence-electron chi connectivity index (χ2n) is 8.34. The van der Waals surface area contributed by atoms with Crippen LogP contribution in [0.5, 0.6) is 11.5 Å². The van der Waals surface area contributed by atoms with Gasteiger partial charge in [-0.05, 0) is 48.9 Å². The minimum absolute atomic E-state index is 0.0981. The number of nitrogens with one attached hydrogen (secondary N) is 1. The predicted molar refractivity (Wildman–Crippen MR) is 118 cm³/mol. The molecular formula is C25H33NO4. The molecule has 162 valence electrons. The Morgan fingerprint density at radius 3 is 2.50 bits per heavy atom. The zero-order chi connectivity index (χ0) is 21.4. The highest BCUT2D eigenvalue weighted by Gasteiger charge is 2.34. The van der Waals surface area contributed by atoms with Crippen molar-refractivity contribution in [2.45, 2.75) is 38.5 Å². The molecule has 0 spiro atoms. The van der Waals surface area contributed by atoms with Crippen molar-refractivity contribution in [1.82, 2.24) is 5.32 Å². The van der Waals surface area contributed by atoms with Gasteiger partial charge in [0.05, 0.1) is 13.7 Å². The molecule has 0 aromatic heterocycles. The largest absolute Gasteiger partial charge is 0.493 e.